The van der Waals surface area contributed by atoms with Gasteiger partial charge in [0.2, 0.25) is 0 Å². The Morgan fingerprint density at radius 1 is 0.920 bits per heavy atom. The third-order valence-corrected chi connectivity index (χ3v) is 3.99. The van der Waals surface area contributed by atoms with Gasteiger partial charge >= 0.3 is 0 Å². The molecule has 6 heteroatoms. The first-order valence-electron chi connectivity index (χ1n) is 7.56. The van der Waals surface area contributed by atoms with E-state index >= 15 is 0 Å². The van der Waals surface area contributed by atoms with Crippen molar-refractivity contribution < 1.29 is 14.0 Å². The van der Waals surface area contributed by atoms with Crippen LogP contribution in [0.1, 0.15) is 26.5 Å². The van der Waals surface area contributed by atoms with Crippen LogP contribution < -0.4 is 10.6 Å². The molecule has 0 radical (unpaired) electrons. The minimum Gasteiger partial charge on any atom is -0.444 e. The van der Waals surface area contributed by atoms with Gasteiger partial charge in [-0.3, -0.25) is 9.59 Å². The first-order chi connectivity index (χ1) is 12.0. The molecule has 1 heterocycles. The van der Waals surface area contributed by atoms with Crippen molar-refractivity contribution in [2.45, 2.75) is 6.92 Å². The van der Waals surface area contributed by atoms with Crippen LogP contribution in [0.15, 0.2) is 69.8 Å². The largest absolute Gasteiger partial charge is 0.444 e. The van der Waals surface area contributed by atoms with Crippen molar-refractivity contribution in [1.29, 1.82) is 0 Å². The average Bonchev–Trinajstić information content (AvgIpc) is 3.04. The van der Waals surface area contributed by atoms with Crippen molar-refractivity contribution in [3.8, 4) is 0 Å². The van der Waals surface area contributed by atoms with Crippen molar-refractivity contribution in [1.82, 2.24) is 0 Å². The summed E-state index contributed by atoms with van der Waals surface area (Å²) in [6, 6.07) is 17.5. The standard InChI is InChI=1S/C19H15BrN2O3/c1-12-11-14(21-19(24)16-9-10-17(20)25-16)7-8-15(12)22-18(23)13-5-3-2-4-6-13/h2-11H,1H3,(H,21,24)(H,22,23). The highest BCUT2D eigenvalue weighted by molar-refractivity contribution is 9.10. The van der Waals surface area contributed by atoms with Crippen LogP contribution >= 0.6 is 15.9 Å². The highest BCUT2D eigenvalue weighted by Crippen LogP contribution is 2.22. The van der Waals surface area contributed by atoms with Gasteiger partial charge in [0.25, 0.3) is 11.8 Å². The lowest BCUT2D eigenvalue weighted by molar-refractivity contribution is 0.0993. The number of carbonyl (C=O) groups is 2. The van der Waals surface area contributed by atoms with Crippen LogP contribution in [0.4, 0.5) is 11.4 Å². The Hall–Kier alpha value is -2.86. The van der Waals surface area contributed by atoms with Gasteiger partial charge in [0.15, 0.2) is 10.4 Å². The van der Waals surface area contributed by atoms with E-state index in [0.29, 0.717) is 21.6 Å². The minimum absolute atomic E-state index is 0.180. The minimum atomic E-state index is -0.342. The van der Waals surface area contributed by atoms with E-state index in [2.05, 4.69) is 26.6 Å². The smallest absolute Gasteiger partial charge is 0.291 e. The van der Waals surface area contributed by atoms with E-state index in [9.17, 15) is 9.59 Å². The van der Waals surface area contributed by atoms with Crippen molar-refractivity contribution in [3.63, 3.8) is 0 Å². The maximum atomic E-state index is 12.2. The van der Waals surface area contributed by atoms with E-state index in [-0.39, 0.29) is 17.6 Å². The maximum Gasteiger partial charge on any atom is 0.291 e. The molecule has 2 amide bonds. The summed E-state index contributed by atoms with van der Waals surface area (Å²) in [7, 11) is 0. The van der Waals surface area contributed by atoms with Gasteiger partial charge in [-0.2, -0.15) is 0 Å². The van der Waals surface area contributed by atoms with Gasteiger partial charge in [-0.05, 0) is 70.9 Å². The number of benzene rings is 2. The summed E-state index contributed by atoms with van der Waals surface area (Å²) in [5, 5.41) is 5.62. The van der Waals surface area contributed by atoms with Gasteiger partial charge in [-0.25, -0.2) is 0 Å². The summed E-state index contributed by atoms with van der Waals surface area (Å²) in [5.41, 5.74) is 2.73. The Labute approximate surface area is 153 Å². The fourth-order valence-corrected chi connectivity index (χ4v) is 2.60. The normalized spacial score (nSPS) is 10.3. The second-order valence-corrected chi connectivity index (χ2v) is 6.19. The molecule has 0 aliphatic rings. The summed E-state index contributed by atoms with van der Waals surface area (Å²) < 4.78 is 5.71. The Morgan fingerprint density at radius 2 is 1.68 bits per heavy atom. The quantitative estimate of drug-likeness (QED) is 0.659. The highest BCUT2D eigenvalue weighted by Gasteiger charge is 2.12. The lowest BCUT2D eigenvalue weighted by atomic mass is 10.1. The number of hydrogen-bond acceptors (Lipinski definition) is 3. The third-order valence-electron chi connectivity index (χ3n) is 3.57. The number of rotatable bonds is 4. The van der Waals surface area contributed by atoms with Gasteiger partial charge in [0, 0.05) is 16.9 Å². The van der Waals surface area contributed by atoms with Crippen LogP contribution in [-0.4, -0.2) is 11.8 Å². The van der Waals surface area contributed by atoms with Crippen LogP contribution in [0.3, 0.4) is 0 Å². The maximum absolute atomic E-state index is 12.2. The SMILES string of the molecule is Cc1cc(NC(=O)c2ccc(Br)o2)ccc1NC(=O)c1ccccc1. The van der Waals surface area contributed by atoms with E-state index in [1.165, 1.54) is 0 Å². The topological polar surface area (TPSA) is 71.3 Å². The lowest BCUT2D eigenvalue weighted by Gasteiger charge is -2.11. The monoisotopic (exact) mass is 398 g/mol. The molecule has 0 saturated carbocycles. The van der Waals surface area contributed by atoms with E-state index < -0.39 is 0 Å². The first kappa shape index (κ1) is 17.0. The van der Waals surface area contributed by atoms with Crippen LogP contribution in [0, 0.1) is 6.92 Å². The molecule has 3 aromatic rings. The Balaban J connectivity index is 1.70. The van der Waals surface area contributed by atoms with Gasteiger partial charge in [0.1, 0.15) is 0 Å². The number of aryl methyl sites for hydroxylation is 1. The van der Waals surface area contributed by atoms with E-state index in [0.717, 1.165) is 5.56 Å². The molecule has 5 nitrogen and oxygen atoms in total. The number of carbonyl (C=O) groups excluding carboxylic acids is 2. The number of anilines is 2. The molecule has 2 N–H and O–H groups in total. The van der Waals surface area contributed by atoms with E-state index in [1.807, 2.05) is 25.1 Å². The lowest BCUT2D eigenvalue weighted by Crippen LogP contribution is -2.14. The zero-order valence-corrected chi connectivity index (χ0v) is 15.0. The van der Waals surface area contributed by atoms with Gasteiger partial charge in [-0.1, -0.05) is 18.2 Å². The van der Waals surface area contributed by atoms with Crippen LogP contribution in [0.2, 0.25) is 0 Å². The zero-order valence-electron chi connectivity index (χ0n) is 13.4. The molecule has 3 rings (SSSR count). The highest BCUT2D eigenvalue weighted by atomic mass is 79.9. The summed E-state index contributed by atoms with van der Waals surface area (Å²) in [6.07, 6.45) is 0. The first-order valence-corrected chi connectivity index (χ1v) is 8.36. The predicted octanol–water partition coefficient (Wildman–Crippen LogP) is 4.86. The van der Waals surface area contributed by atoms with Gasteiger partial charge in [0.05, 0.1) is 0 Å². The molecule has 0 fully saturated rings. The molecule has 0 bridgehead atoms. The Bertz CT molecular complexity index is 919. The summed E-state index contributed by atoms with van der Waals surface area (Å²) in [5.74, 6) is -0.307. The molecule has 0 aliphatic carbocycles. The molecular formula is C19H15BrN2O3. The predicted molar refractivity (Wildman–Crippen MR) is 99.9 cm³/mol. The zero-order chi connectivity index (χ0) is 17.8. The van der Waals surface area contributed by atoms with Crippen molar-refractivity contribution in [2.75, 3.05) is 10.6 Å². The number of amides is 2. The number of hydrogen-bond donors (Lipinski definition) is 2. The van der Waals surface area contributed by atoms with Crippen molar-refractivity contribution in [2.24, 2.45) is 0 Å². The summed E-state index contributed by atoms with van der Waals surface area (Å²) >= 11 is 3.16. The van der Waals surface area contributed by atoms with Crippen LogP contribution in [-0.2, 0) is 0 Å². The second-order valence-electron chi connectivity index (χ2n) is 5.41. The average molecular weight is 399 g/mol. The van der Waals surface area contributed by atoms with Crippen LogP contribution in [0.25, 0.3) is 0 Å². The fourth-order valence-electron chi connectivity index (χ4n) is 2.29. The summed E-state index contributed by atoms with van der Waals surface area (Å²) in [6.45, 7) is 1.86. The second kappa shape index (κ2) is 7.36. The van der Waals surface area contributed by atoms with Crippen LogP contribution in [0.5, 0.6) is 0 Å². The molecule has 0 aliphatic heterocycles. The van der Waals surface area contributed by atoms with Gasteiger partial charge < -0.3 is 15.1 Å². The molecule has 25 heavy (non-hydrogen) atoms. The molecule has 1 aromatic heterocycles. The number of halogens is 1. The van der Waals surface area contributed by atoms with E-state index in [1.54, 1.807) is 42.5 Å². The number of nitrogens with one attached hydrogen (secondary N) is 2. The molecule has 0 unspecified atom stereocenters. The molecule has 2 aromatic carbocycles. The third kappa shape index (κ3) is 4.16. The molecular weight excluding hydrogens is 384 g/mol. The van der Waals surface area contributed by atoms with Crippen molar-refractivity contribution in [3.05, 3.63) is 82.2 Å². The molecule has 126 valence electrons. The molecule has 0 atom stereocenters. The number of furan rings is 1. The van der Waals surface area contributed by atoms with Crippen molar-refractivity contribution >= 4 is 39.1 Å². The van der Waals surface area contributed by atoms with E-state index in [4.69, 9.17) is 4.42 Å². The fraction of sp³-hybridized carbons (Fsp3) is 0.0526. The van der Waals surface area contributed by atoms with Gasteiger partial charge in [-0.15, -0.1) is 0 Å². The Morgan fingerprint density at radius 3 is 2.32 bits per heavy atom. The summed E-state index contributed by atoms with van der Waals surface area (Å²) in [4.78, 5) is 24.3. The molecule has 0 spiro atoms. The Kier molecular flexibility index (Phi) is 5.00. The molecule has 0 saturated heterocycles.